The number of halogens is 3. The van der Waals surface area contributed by atoms with Crippen LogP contribution in [0.25, 0.3) is 0 Å². The number of hydrogen-bond donors (Lipinski definition) is 1. The molecule has 9 heteroatoms. The van der Waals surface area contributed by atoms with Crippen molar-refractivity contribution in [3.05, 3.63) is 47.9 Å². The Hall–Kier alpha value is -2.68. The molecule has 1 aromatic carbocycles. The zero-order valence-electron chi connectivity index (χ0n) is 13.1. The minimum Gasteiger partial charge on any atom is -0.378 e. The van der Waals surface area contributed by atoms with E-state index in [1.807, 2.05) is 4.90 Å². The van der Waals surface area contributed by atoms with Crippen molar-refractivity contribution in [2.24, 2.45) is 0 Å². The standard InChI is InChI=1S/C16H15F3N4O2/c17-16(18,19)11-3-1-2-4-12(11)22-15(24)13-9-21-14(10-20-13)23-5-7-25-8-6-23/h1-4,9-10H,5-8H2,(H,22,24). The summed E-state index contributed by atoms with van der Waals surface area (Å²) in [6.45, 7) is 2.49. The number of alkyl halides is 3. The molecule has 2 heterocycles. The number of benzene rings is 1. The van der Waals surface area contributed by atoms with Crippen LogP contribution in [0.1, 0.15) is 16.1 Å². The van der Waals surface area contributed by atoms with Crippen molar-refractivity contribution < 1.29 is 22.7 Å². The summed E-state index contributed by atoms with van der Waals surface area (Å²) in [5, 5.41) is 2.24. The second kappa shape index (κ2) is 7.06. The van der Waals surface area contributed by atoms with E-state index in [4.69, 9.17) is 4.74 Å². The van der Waals surface area contributed by atoms with Gasteiger partial charge in [0.25, 0.3) is 5.91 Å². The molecule has 0 unspecified atom stereocenters. The van der Waals surface area contributed by atoms with Gasteiger partial charge in [-0.3, -0.25) is 4.79 Å². The zero-order valence-corrected chi connectivity index (χ0v) is 13.1. The second-order valence-corrected chi connectivity index (χ2v) is 5.36. The maximum Gasteiger partial charge on any atom is 0.418 e. The third-order valence-electron chi connectivity index (χ3n) is 3.69. The van der Waals surface area contributed by atoms with E-state index in [0.29, 0.717) is 32.1 Å². The van der Waals surface area contributed by atoms with Gasteiger partial charge in [0.1, 0.15) is 11.5 Å². The molecule has 25 heavy (non-hydrogen) atoms. The summed E-state index contributed by atoms with van der Waals surface area (Å²) in [5.41, 5.74) is -1.30. The van der Waals surface area contributed by atoms with Crippen molar-refractivity contribution in [1.29, 1.82) is 0 Å². The number of anilines is 2. The molecule has 1 N–H and O–H groups in total. The highest BCUT2D eigenvalue weighted by Crippen LogP contribution is 2.34. The van der Waals surface area contributed by atoms with Gasteiger partial charge in [0, 0.05) is 13.1 Å². The first-order valence-electron chi connectivity index (χ1n) is 7.57. The highest BCUT2D eigenvalue weighted by molar-refractivity contribution is 6.03. The first kappa shape index (κ1) is 17.2. The van der Waals surface area contributed by atoms with Crippen molar-refractivity contribution in [3.8, 4) is 0 Å². The van der Waals surface area contributed by atoms with Crippen LogP contribution < -0.4 is 10.2 Å². The van der Waals surface area contributed by atoms with Crippen LogP contribution in [0.4, 0.5) is 24.7 Å². The number of hydrogen-bond acceptors (Lipinski definition) is 5. The molecule has 1 aromatic heterocycles. The predicted molar refractivity (Wildman–Crippen MR) is 84.5 cm³/mol. The normalized spacial score (nSPS) is 15.1. The highest BCUT2D eigenvalue weighted by Gasteiger charge is 2.33. The quantitative estimate of drug-likeness (QED) is 0.920. The molecular formula is C16H15F3N4O2. The summed E-state index contributed by atoms with van der Waals surface area (Å²) < 4.78 is 44.1. The Morgan fingerprint density at radius 2 is 1.84 bits per heavy atom. The summed E-state index contributed by atoms with van der Waals surface area (Å²) >= 11 is 0. The molecular weight excluding hydrogens is 337 g/mol. The minimum absolute atomic E-state index is 0.0611. The van der Waals surface area contributed by atoms with Crippen molar-refractivity contribution in [2.45, 2.75) is 6.18 Å². The van der Waals surface area contributed by atoms with Gasteiger partial charge in [0.15, 0.2) is 0 Å². The van der Waals surface area contributed by atoms with Crippen LogP contribution in [0.15, 0.2) is 36.7 Å². The molecule has 2 aromatic rings. The van der Waals surface area contributed by atoms with Crippen molar-refractivity contribution in [3.63, 3.8) is 0 Å². The lowest BCUT2D eigenvalue weighted by atomic mass is 10.1. The number of aromatic nitrogens is 2. The van der Waals surface area contributed by atoms with Crippen LogP contribution in [0, 0.1) is 0 Å². The first-order chi connectivity index (χ1) is 11.9. The smallest absolute Gasteiger partial charge is 0.378 e. The molecule has 1 aliphatic heterocycles. The molecule has 1 amide bonds. The molecule has 0 radical (unpaired) electrons. The Labute approximate surface area is 141 Å². The van der Waals surface area contributed by atoms with E-state index in [1.165, 1.54) is 30.6 Å². The molecule has 3 rings (SSSR count). The van der Waals surface area contributed by atoms with Crippen molar-refractivity contribution in [2.75, 3.05) is 36.5 Å². The van der Waals surface area contributed by atoms with Gasteiger partial charge in [-0.05, 0) is 12.1 Å². The molecule has 0 aliphatic carbocycles. The molecule has 132 valence electrons. The average molecular weight is 352 g/mol. The van der Waals surface area contributed by atoms with Crippen molar-refractivity contribution in [1.82, 2.24) is 9.97 Å². The largest absolute Gasteiger partial charge is 0.418 e. The van der Waals surface area contributed by atoms with Gasteiger partial charge in [0.2, 0.25) is 0 Å². The maximum atomic E-state index is 13.0. The molecule has 0 spiro atoms. The zero-order chi connectivity index (χ0) is 17.9. The molecule has 6 nitrogen and oxygen atoms in total. The van der Waals surface area contributed by atoms with Gasteiger partial charge in [0.05, 0.1) is 36.9 Å². The van der Waals surface area contributed by atoms with Gasteiger partial charge in [-0.2, -0.15) is 13.2 Å². The number of para-hydroxylation sites is 1. The van der Waals surface area contributed by atoms with Crippen LogP contribution in [-0.4, -0.2) is 42.2 Å². The van der Waals surface area contributed by atoms with E-state index in [2.05, 4.69) is 15.3 Å². The first-order valence-corrected chi connectivity index (χ1v) is 7.57. The SMILES string of the molecule is O=C(Nc1ccccc1C(F)(F)F)c1cnc(N2CCOCC2)cn1. The van der Waals surface area contributed by atoms with E-state index < -0.39 is 17.6 Å². The van der Waals surface area contributed by atoms with Crippen LogP contribution in [0.3, 0.4) is 0 Å². The van der Waals surface area contributed by atoms with Crippen LogP contribution in [0.2, 0.25) is 0 Å². The lowest BCUT2D eigenvalue weighted by Crippen LogP contribution is -2.36. The number of ether oxygens (including phenoxy) is 1. The Bertz CT molecular complexity index is 744. The Kier molecular flexibility index (Phi) is 4.84. The highest BCUT2D eigenvalue weighted by atomic mass is 19.4. The van der Waals surface area contributed by atoms with E-state index in [0.717, 1.165) is 6.07 Å². The molecule has 1 saturated heterocycles. The lowest BCUT2D eigenvalue weighted by molar-refractivity contribution is -0.136. The Morgan fingerprint density at radius 1 is 1.12 bits per heavy atom. The summed E-state index contributed by atoms with van der Waals surface area (Å²) in [5.74, 6) is -0.159. The third-order valence-corrected chi connectivity index (χ3v) is 3.69. The maximum absolute atomic E-state index is 13.0. The topological polar surface area (TPSA) is 67.4 Å². The lowest BCUT2D eigenvalue weighted by Gasteiger charge is -2.27. The van der Waals surface area contributed by atoms with Crippen molar-refractivity contribution >= 4 is 17.4 Å². The summed E-state index contributed by atoms with van der Waals surface area (Å²) in [6, 6.07) is 4.77. The molecule has 0 bridgehead atoms. The fraction of sp³-hybridized carbons (Fsp3) is 0.312. The van der Waals surface area contributed by atoms with E-state index in [1.54, 1.807) is 0 Å². The molecule has 0 atom stereocenters. The van der Waals surface area contributed by atoms with Gasteiger partial charge in [-0.1, -0.05) is 12.1 Å². The molecule has 1 aliphatic rings. The summed E-state index contributed by atoms with van der Waals surface area (Å²) in [4.78, 5) is 22.3. The van der Waals surface area contributed by atoms with E-state index in [-0.39, 0.29) is 11.4 Å². The number of nitrogens with one attached hydrogen (secondary N) is 1. The molecule has 1 fully saturated rings. The number of carbonyl (C=O) groups excluding carboxylic acids is 1. The average Bonchev–Trinajstić information content (AvgIpc) is 2.62. The minimum atomic E-state index is -4.56. The second-order valence-electron chi connectivity index (χ2n) is 5.36. The van der Waals surface area contributed by atoms with Crippen LogP contribution >= 0.6 is 0 Å². The van der Waals surface area contributed by atoms with Gasteiger partial charge in [-0.25, -0.2) is 9.97 Å². The molecule has 0 saturated carbocycles. The van der Waals surface area contributed by atoms with Gasteiger partial charge >= 0.3 is 6.18 Å². The third kappa shape index (κ3) is 4.05. The van der Waals surface area contributed by atoms with Gasteiger partial charge < -0.3 is 15.0 Å². The fourth-order valence-corrected chi connectivity index (χ4v) is 2.42. The predicted octanol–water partition coefficient (Wildman–Crippen LogP) is 2.58. The summed E-state index contributed by atoms with van der Waals surface area (Å²) in [7, 11) is 0. The van der Waals surface area contributed by atoms with Gasteiger partial charge in [-0.15, -0.1) is 0 Å². The summed E-state index contributed by atoms with van der Waals surface area (Å²) in [6.07, 6.45) is -1.89. The van der Waals surface area contributed by atoms with Crippen LogP contribution in [-0.2, 0) is 10.9 Å². The van der Waals surface area contributed by atoms with Crippen LogP contribution in [0.5, 0.6) is 0 Å². The van der Waals surface area contributed by atoms with E-state index in [9.17, 15) is 18.0 Å². The monoisotopic (exact) mass is 352 g/mol. The number of carbonyl (C=O) groups is 1. The Morgan fingerprint density at radius 3 is 2.48 bits per heavy atom. The fourth-order valence-electron chi connectivity index (χ4n) is 2.42. The number of nitrogens with zero attached hydrogens (tertiary/aromatic N) is 3. The Balaban J connectivity index is 1.74. The van der Waals surface area contributed by atoms with E-state index >= 15 is 0 Å². The number of rotatable bonds is 3. The number of morpholine rings is 1. The number of amides is 1.